The fourth-order valence-corrected chi connectivity index (χ4v) is 2.99. The molecular formula is C20H25N3O6. The smallest absolute Gasteiger partial charge is 0.321 e. The van der Waals surface area contributed by atoms with E-state index in [1.807, 2.05) is 6.92 Å². The number of amides is 4. The number of urea groups is 1. The Morgan fingerprint density at radius 2 is 1.90 bits per heavy atom. The van der Waals surface area contributed by atoms with Crippen molar-refractivity contribution >= 4 is 29.5 Å². The Bertz CT molecular complexity index is 790. The van der Waals surface area contributed by atoms with Crippen molar-refractivity contribution in [2.45, 2.75) is 45.3 Å². The van der Waals surface area contributed by atoms with Gasteiger partial charge in [0.2, 0.25) is 5.91 Å². The molecule has 2 atom stereocenters. The lowest BCUT2D eigenvalue weighted by atomic mass is 10.1. The Balaban J connectivity index is 1.51. The highest BCUT2D eigenvalue weighted by atomic mass is 16.5. The number of benzene rings is 1. The monoisotopic (exact) mass is 403 g/mol. The van der Waals surface area contributed by atoms with Gasteiger partial charge in [0.05, 0.1) is 12.5 Å². The van der Waals surface area contributed by atoms with Gasteiger partial charge in [-0.25, -0.2) is 4.79 Å². The molecule has 1 aromatic carbocycles. The van der Waals surface area contributed by atoms with Gasteiger partial charge in [0, 0.05) is 24.7 Å². The molecule has 156 valence electrons. The number of hydrogen-bond acceptors (Lipinski definition) is 6. The minimum atomic E-state index is -1.14. The van der Waals surface area contributed by atoms with Crippen molar-refractivity contribution in [1.29, 1.82) is 0 Å². The van der Waals surface area contributed by atoms with Gasteiger partial charge in [0.15, 0.2) is 6.10 Å². The van der Waals surface area contributed by atoms with Crippen LogP contribution in [-0.2, 0) is 19.1 Å². The molecule has 0 aromatic heterocycles. The van der Waals surface area contributed by atoms with Crippen molar-refractivity contribution in [3.8, 4) is 5.75 Å². The number of esters is 1. The average molecular weight is 403 g/mol. The second kappa shape index (κ2) is 8.93. The van der Waals surface area contributed by atoms with Crippen LogP contribution in [-0.4, -0.2) is 49.1 Å². The molecule has 1 aliphatic heterocycles. The van der Waals surface area contributed by atoms with E-state index >= 15 is 0 Å². The number of anilines is 1. The summed E-state index contributed by atoms with van der Waals surface area (Å²) in [7, 11) is 0. The van der Waals surface area contributed by atoms with E-state index in [1.54, 1.807) is 24.3 Å². The van der Waals surface area contributed by atoms with E-state index in [9.17, 15) is 19.2 Å². The Morgan fingerprint density at radius 1 is 1.21 bits per heavy atom. The summed E-state index contributed by atoms with van der Waals surface area (Å²) in [6.07, 6.45) is 0.657. The highest BCUT2D eigenvalue weighted by Crippen LogP contribution is 2.27. The number of carbonyl (C=O) groups excluding carboxylic acids is 4. The first-order valence-electron chi connectivity index (χ1n) is 9.72. The lowest BCUT2D eigenvalue weighted by molar-refractivity contribution is -0.158. The summed E-state index contributed by atoms with van der Waals surface area (Å²) in [5.41, 5.74) is 0.663. The van der Waals surface area contributed by atoms with Crippen molar-refractivity contribution in [1.82, 2.24) is 10.6 Å². The second-order valence-electron chi connectivity index (χ2n) is 7.15. The predicted molar refractivity (Wildman–Crippen MR) is 103 cm³/mol. The van der Waals surface area contributed by atoms with Crippen LogP contribution < -0.4 is 20.3 Å². The lowest BCUT2D eigenvalue weighted by Crippen LogP contribution is -2.45. The highest BCUT2D eigenvalue weighted by Gasteiger charge is 2.37. The molecular weight excluding hydrogens is 378 g/mol. The standard InChI is InChI=1S/C20H25N3O6/c1-3-28-16-8-6-15(7-9-16)23-11-13(10-17(23)24)19(26)29-12(2)18(25)22-20(27)21-14-4-5-14/h6-9,12-14H,3-5,10-11H2,1-2H3,(H2,21,22,25,27). The number of rotatable bonds is 7. The first-order chi connectivity index (χ1) is 13.9. The van der Waals surface area contributed by atoms with Crippen molar-refractivity contribution in [3.63, 3.8) is 0 Å². The van der Waals surface area contributed by atoms with E-state index in [2.05, 4.69) is 10.6 Å². The van der Waals surface area contributed by atoms with Gasteiger partial charge in [-0.1, -0.05) is 0 Å². The minimum absolute atomic E-state index is 0.00253. The summed E-state index contributed by atoms with van der Waals surface area (Å²) < 4.78 is 10.6. The van der Waals surface area contributed by atoms with Gasteiger partial charge in [0.25, 0.3) is 5.91 Å². The molecule has 1 saturated heterocycles. The zero-order valence-corrected chi connectivity index (χ0v) is 16.5. The highest BCUT2D eigenvalue weighted by molar-refractivity contribution is 6.00. The van der Waals surface area contributed by atoms with Gasteiger partial charge < -0.3 is 19.7 Å². The quantitative estimate of drug-likeness (QED) is 0.665. The van der Waals surface area contributed by atoms with E-state index < -0.39 is 29.9 Å². The van der Waals surface area contributed by atoms with Crippen LogP contribution >= 0.6 is 0 Å². The topological polar surface area (TPSA) is 114 Å². The molecule has 3 rings (SSSR count). The molecule has 0 radical (unpaired) electrons. The predicted octanol–water partition coefficient (Wildman–Crippen LogP) is 1.36. The van der Waals surface area contributed by atoms with Crippen LogP contribution in [0.15, 0.2) is 24.3 Å². The Labute approximate surface area is 168 Å². The van der Waals surface area contributed by atoms with Crippen LogP contribution in [0.5, 0.6) is 5.75 Å². The molecule has 0 bridgehead atoms. The van der Waals surface area contributed by atoms with E-state index in [4.69, 9.17) is 9.47 Å². The third-order valence-corrected chi connectivity index (χ3v) is 4.73. The van der Waals surface area contributed by atoms with Crippen LogP contribution in [0.25, 0.3) is 0 Å². The van der Waals surface area contributed by atoms with Crippen LogP contribution in [0.1, 0.15) is 33.1 Å². The van der Waals surface area contributed by atoms with E-state index in [0.717, 1.165) is 12.8 Å². The van der Waals surface area contributed by atoms with Gasteiger partial charge in [-0.3, -0.25) is 19.7 Å². The SMILES string of the molecule is CCOc1ccc(N2CC(C(=O)OC(C)C(=O)NC(=O)NC3CC3)CC2=O)cc1. The molecule has 0 spiro atoms. The number of carbonyl (C=O) groups is 4. The maximum atomic E-state index is 12.4. The molecule has 2 fully saturated rings. The van der Waals surface area contributed by atoms with Crippen molar-refractivity contribution in [2.24, 2.45) is 5.92 Å². The minimum Gasteiger partial charge on any atom is -0.494 e. The maximum absolute atomic E-state index is 12.4. The van der Waals surface area contributed by atoms with Gasteiger partial charge in [0.1, 0.15) is 5.75 Å². The number of nitrogens with zero attached hydrogens (tertiary/aromatic N) is 1. The Hall–Kier alpha value is -3.10. The molecule has 2 unspecified atom stereocenters. The van der Waals surface area contributed by atoms with Gasteiger partial charge >= 0.3 is 12.0 Å². The Kier molecular flexibility index (Phi) is 6.36. The molecule has 2 aliphatic rings. The third kappa shape index (κ3) is 5.46. The van der Waals surface area contributed by atoms with E-state index in [0.29, 0.717) is 18.0 Å². The van der Waals surface area contributed by atoms with E-state index in [1.165, 1.54) is 11.8 Å². The molecule has 4 amide bonds. The summed E-state index contributed by atoms with van der Waals surface area (Å²) in [4.78, 5) is 49.8. The van der Waals surface area contributed by atoms with Gasteiger partial charge in [-0.05, 0) is 51.0 Å². The molecule has 1 saturated carbocycles. The van der Waals surface area contributed by atoms with Crippen molar-refractivity contribution < 1.29 is 28.7 Å². The summed E-state index contributed by atoms with van der Waals surface area (Å²) in [6, 6.07) is 6.54. The van der Waals surface area contributed by atoms with Gasteiger partial charge in [-0.15, -0.1) is 0 Å². The zero-order chi connectivity index (χ0) is 21.0. The molecule has 9 nitrogen and oxygen atoms in total. The molecule has 29 heavy (non-hydrogen) atoms. The first kappa shape index (κ1) is 20.6. The largest absolute Gasteiger partial charge is 0.494 e. The fourth-order valence-electron chi connectivity index (χ4n) is 2.99. The van der Waals surface area contributed by atoms with Crippen LogP contribution in [0, 0.1) is 5.92 Å². The molecule has 2 N–H and O–H groups in total. The summed E-state index contributed by atoms with van der Waals surface area (Å²) in [6.45, 7) is 3.99. The van der Waals surface area contributed by atoms with Crippen molar-refractivity contribution in [3.05, 3.63) is 24.3 Å². The number of ether oxygens (including phenoxy) is 2. The van der Waals surface area contributed by atoms with Crippen LogP contribution in [0.2, 0.25) is 0 Å². The zero-order valence-electron chi connectivity index (χ0n) is 16.5. The average Bonchev–Trinajstić information content (AvgIpc) is 3.40. The number of hydrogen-bond donors (Lipinski definition) is 2. The summed E-state index contributed by atoms with van der Waals surface area (Å²) >= 11 is 0. The number of nitrogens with one attached hydrogen (secondary N) is 2. The fraction of sp³-hybridized carbons (Fsp3) is 0.500. The molecule has 1 heterocycles. The molecule has 9 heteroatoms. The normalized spacial score (nSPS) is 19.4. The molecule has 1 aliphatic carbocycles. The van der Waals surface area contributed by atoms with E-state index in [-0.39, 0.29) is 24.9 Å². The maximum Gasteiger partial charge on any atom is 0.321 e. The summed E-state index contributed by atoms with van der Waals surface area (Å²) in [5, 5.41) is 4.77. The first-order valence-corrected chi connectivity index (χ1v) is 9.72. The lowest BCUT2D eigenvalue weighted by Gasteiger charge is -2.18. The molecule has 1 aromatic rings. The summed E-state index contributed by atoms with van der Waals surface area (Å²) in [5.74, 6) is -1.52. The Morgan fingerprint density at radius 3 is 2.52 bits per heavy atom. The van der Waals surface area contributed by atoms with Crippen molar-refractivity contribution in [2.75, 3.05) is 18.1 Å². The third-order valence-electron chi connectivity index (χ3n) is 4.73. The van der Waals surface area contributed by atoms with Crippen LogP contribution in [0.3, 0.4) is 0 Å². The number of imide groups is 1. The second-order valence-corrected chi connectivity index (χ2v) is 7.15. The van der Waals surface area contributed by atoms with Gasteiger partial charge in [-0.2, -0.15) is 0 Å². The van der Waals surface area contributed by atoms with Crippen LogP contribution in [0.4, 0.5) is 10.5 Å².